The number of carbonyl (C=O) groups excluding carboxylic acids is 1. The van der Waals surface area contributed by atoms with Gasteiger partial charge in [-0.2, -0.15) is 0 Å². The van der Waals surface area contributed by atoms with E-state index < -0.39 is 0 Å². The van der Waals surface area contributed by atoms with E-state index in [1.54, 1.807) is 25.4 Å². The van der Waals surface area contributed by atoms with E-state index in [9.17, 15) is 9.59 Å². The largest absolute Gasteiger partial charge is 0.352 e. The van der Waals surface area contributed by atoms with Gasteiger partial charge in [-0.3, -0.25) is 14.2 Å². The summed E-state index contributed by atoms with van der Waals surface area (Å²) in [5.74, 6) is -0.301. The van der Waals surface area contributed by atoms with Crippen LogP contribution in [0.2, 0.25) is 0 Å². The van der Waals surface area contributed by atoms with Crippen molar-refractivity contribution >= 4 is 16.9 Å². The van der Waals surface area contributed by atoms with E-state index in [-0.39, 0.29) is 17.0 Å². The Balaban J connectivity index is 1.96. The molecule has 0 bridgehead atoms. The van der Waals surface area contributed by atoms with Gasteiger partial charge >= 0.3 is 0 Å². The number of aromatic nitrogens is 2. The monoisotopic (exact) mass is 315 g/mol. The Hall–Kier alpha value is -2.17. The number of carbonyl (C=O) groups is 1. The number of rotatable bonds is 8. The van der Waals surface area contributed by atoms with Crippen LogP contribution in [-0.4, -0.2) is 22.0 Å². The number of fused-ring (bicyclic) bond motifs is 1. The lowest BCUT2D eigenvalue weighted by Gasteiger charge is -2.08. The van der Waals surface area contributed by atoms with Gasteiger partial charge in [-0.15, -0.1) is 0 Å². The third-order valence-electron chi connectivity index (χ3n) is 4.03. The SMILES string of the molecule is CCCCCCCCNC(=O)c1cc2cccnc2n(C)c1=O. The molecule has 1 N–H and O–H groups in total. The van der Waals surface area contributed by atoms with Crippen LogP contribution in [0, 0.1) is 0 Å². The summed E-state index contributed by atoms with van der Waals surface area (Å²) in [6.07, 6.45) is 8.66. The number of hydrogen-bond donors (Lipinski definition) is 1. The Kier molecular flexibility index (Phi) is 6.32. The second-order valence-electron chi connectivity index (χ2n) is 5.86. The molecule has 1 amide bonds. The van der Waals surface area contributed by atoms with E-state index in [0.29, 0.717) is 12.2 Å². The van der Waals surface area contributed by atoms with Crippen molar-refractivity contribution in [2.24, 2.45) is 7.05 Å². The number of pyridine rings is 2. The molecule has 0 unspecified atom stereocenters. The topological polar surface area (TPSA) is 64.0 Å². The summed E-state index contributed by atoms with van der Waals surface area (Å²) in [7, 11) is 1.64. The maximum Gasteiger partial charge on any atom is 0.264 e. The van der Waals surface area contributed by atoms with Crippen LogP contribution < -0.4 is 10.9 Å². The molecule has 0 aliphatic rings. The fraction of sp³-hybridized carbons (Fsp3) is 0.500. The quantitative estimate of drug-likeness (QED) is 0.762. The molecule has 0 radical (unpaired) electrons. The van der Waals surface area contributed by atoms with Crippen LogP contribution in [0.15, 0.2) is 29.2 Å². The molecule has 5 heteroatoms. The molecule has 0 fully saturated rings. The maximum absolute atomic E-state index is 12.3. The molecule has 0 spiro atoms. The Labute approximate surface area is 136 Å². The highest BCUT2D eigenvalue weighted by atomic mass is 16.2. The minimum absolute atomic E-state index is 0.180. The smallest absolute Gasteiger partial charge is 0.264 e. The van der Waals surface area contributed by atoms with E-state index in [1.807, 2.05) is 6.07 Å². The van der Waals surface area contributed by atoms with Crippen molar-refractivity contribution in [1.82, 2.24) is 14.9 Å². The highest BCUT2D eigenvalue weighted by Gasteiger charge is 2.13. The predicted octanol–water partition coefficient (Wildman–Crippen LogP) is 3.02. The third kappa shape index (κ3) is 4.41. The Bertz CT molecular complexity index is 722. The zero-order chi connectivity index (χ0) is 16.7. The van der Waals surface area contributed by atoms with Gasteiger partial charge in [0.2, 0.25) is 0 Å². The molecule has 0 aliphatic heterocycles. The van der Waals surface area contributed by atoms with Gasteiger partial charge in [-0.25, -0.2) is 4.98 Å². The van der Waals surface area contributed by atoms with E-state index in [1.165, 1.54) is 30.3 Å². The summed E-state index contributed by atoms with van der Waals surface area (Å²) in [5.41, 5.74) is 0.459. The lowest BCUT2D eigenvalue weighted by atomic mass is 10.1. The Morgan fingerprint density at radius 1 is 1.22 bits per heavy atom. The Morgan fingerprint density at radius 2 is 1.96 bits per heavy atom. The van der Waals surface area contributed by atoms with Crippen molar-refractivity contribution in [3.63, 3.8) is 0 Å². The van der Waals surface area contributed by atoms with E-state index in [2.05, 4.69) is 17.2 Å². The fourth-order valence-corrected chi connectivity index (χ4v) is 2.66. The molecule has 0 saturated heterocycles. The van der Waals surface area contributed by atoms with Crippen molar-refractivity contribution < 1.29 is 4.79 Å². The average molecular weight is 315 g/mol. The number of unbranched alkanes of at least 4 members (excludes halogenated alkanes) is 5. The summed E-state index contributed by atoms with van der Waals surface area (Å²) < 4.78 is 1.43. The first-order valence-electron chi connectivity index (χ1n) is 8.38. The van der Waals surface area contributed by atoms with Gasteiger partial charge in [-0.1, -0.05) is 39.0 Å². The summed E-state index contributed by atoms with van der Waals surface area (Å²) >= 11 is 0. The first-order valence-corrected chi connectivity index (χ1v) is 8.38. The van der Waals surface area contributed by atoms with Crippen LogP contribution in [-0.2, 0) is 7.05 Å². The van der Waals surface area contributed by atoms with Gasteiger partial charge < -0.3 is 5.32 Å². The standard InChI is InChI=1S/C18H25N3O2/c1-3-4-5-6-7-8-11-20-17(22)15-13-14-10-9-12-19-16(14)21(2)18(15)23/h9-10,12-13H,3-8,11H2,1-2H3,(H,20,22). The second kappa shape index (κ2) is 8.46. The number of hydrogen-bond acceptors (Lipinski definition) is 3. The van der Waals surface area contributed by atoms with Gasteiger partial charge in [0, 0.05) is 25.2 Å². The number of amides is 1. The lowest BCUT2D eigenvalue weighted by molar-refractivity contribution is 0.0951. The lowest BCUT2D eigenvalue weighted by Crippen LogP contribution is -2.33. The molecule has 2 rings (SSSR count). The maximum atomic E-state index is 12.3. The van der Waals surface area contributed by atoms with E-state index >= 15 is 0 Å². The van der Waals surface area contributed by atoms with Crippen LogP contribution in [0.1, 0.15) is 55.8 Å². The summed E-state index contributed by atoms with van der Waals surface area (Å²) in [5, 5.41) is 3.64. The first kappa shape index (κ1) is 17.2. The molecule has 0 atom stereocenters. The normalized spacial score (nSPS) is 10.9. The number of aryl methyl sites for hydroxylation is 1. The van der Waals surface area contributed by atoms with Gasteiger partial charge in [0.25, 0.3) is 11.5 Å². The molecule has 0 aliphatic carbocycles. The number of nitrogens with zero attached hydrogens (tertiary/aromatic N) is 2. The highest BCUT2D eigenvalue weighted by Crippen LogP contribution is 2.10. The third-order valence-corrected chi connectivity index (χ3v) is 4.03. The fourth-order valence-electron chi connectivity index (χ4n) is 2.66. The summed E-state index contributed by atoms with van der Waals surface area (Å²) in [6.45, 7) is 2.80. The van der Waals surface area contributed by atoms with Crippen molar-refractivity contribution in [2.45, 2.75) is 45.4 Å². The van der Waals surface area contributed by atoms with Crippen LogP contribution in [0.5, 0.6) is 0 Å². The van der Waals surface area contributed by atoms with Crippen molar-refractivity contribution in [2.75, 3.05) is 6.54 Å². The minimum atomic E-state index is -0.309. The first-order chi connectivity index (χ1) is 11.1. The molecule has 0 saturated carbocycles. The Morgan fingerprint density at radius 3 is 2.74 bits per heavy atom. The van der Waals surface area contributed by atoms with E-state index in [4.69, 9.17) is 0 Å². The van der Waals surface area contributed by atoms with Gasteiger partial charge in [-0.05, 0) is 24.6 Å². The van der Waals surface area contributed by atoms with Crippen LogP contribution in [0.25, 0.3) is 11.0 Å². The molecule has 124 valence electrons. The zero-order valence-corrected chi connectivity index (χ0v) is 14.0. The second-order valence-corrected chi connectivity index (χ2v) is 5.86. The van der Waals surface area contributed by atoms with Crippen molar-refractivity contribution in [3.05, 3.63) is 40.3 Å². The van der Waals surface area contributed by atoms with Crippen molar-refractivity contribution in [1.29, 1.82) is 0 Å². The molecule has 5 nitrogen and oxygen atoms in total. The minimum Gasteiger partial charge on any atom is -0.352 e. The molecular formula is C18H25N3O2. The van der Waals surface area contributed by atoms with Crippen molar-refractivity contribution in [3.8, 4) is 0 Å². The molecular weight excluding hydrogens is 290 g/mol. The average Bonchev–Trinajstić information content (AvgIpc) is 2.57. The summed E-state index contributed by atoms with van der Waals surface area (Å²) in [4.78, 5) is 28.7. The predicted molar refractivity (Wildman–Crippen MR) is 92.7 cm³/mol. The van der Waals surface area contributed by atoms with Gasteiger partial charge in [0.15, 0.2) is 0 Å². The van der Waals surface area contributed by atoms with Gasteiger partial charge in [0.05, 0.1) is 0 Å². The molecule has 23 heavy (non-hydrogen) atoms. The highest BCUT2D eigenvalue weighted by molar-refractivity contribution is 5.96. The van der Waals surface area contributed by atoms with Gasteiger partial charge in [0.1, 0.15) is 11.2 Å². The van der Waals surface area contributed by atoms with Crippen LogP contribution >= 0.6 is 0 Å². The molecule has 0 aromatic carbocycles. The number of nitrogens with one attached hydrogen (secondary N) is 1. The summed E-state index contributed by atoms with van der Waals surface area (Å²) in [6, 6.07) is 5.28. The molecule has 2 aromatic heterocycles. The van der Waals surface area contributed by atoms with Crippen LogP contribution in [0.3, 0.4) is 0 Å². The molecule has 2 aromatic rings. The van der Waals surface area contributed by atoms with Crippen LogP contribution in [0.4, 0.5) is 0 Å². The zero-order valence-electron chi connectivity index (χ0n) is 14.0. The van der Waals surface area contributed by atoms with E-state index in [0.717, 1.165) is 18.2 Å². The molecule has 2 heterocycles.